The van der Waals surface area contributed by atoms with Crippen LogP contribution in [0.15, 0.2) is 46.6 Å². The Bertz CT molecular complexity index is 422. The van der Waals surface area contributed by atoms with E-state index in [1.165, 1.54) is 18.2 Å². The summed E-state index contributed by atoms with van der Waals surface area (Å²) >= 11 is 5.76. The van der Waals surface area contributed by atoms with Gasteiger partial charge in [-0.2, -0.15) is 0 Å². The van der Waals surface area contributed by atoms with E-state index >= 15 is 0 Å². The fourth-order valence-electron chi connectivity index (χ4n) is 1.25. The molecule has 0 spiro atoms. The van der Waals surface area contributed by atoms with Crippen LogP contribution in [0, 0.1) is 0 Å². The molecule has 0 bridgehead atoms. The Kier molecular flexibility index (Phi) is 1.78. The zero-order chi connectivity index (χ0) is 9.42. The maximum Gasteiger partial charge on any atom is 0.197 e. The van der Waals surface area contributed by atoms with Gasteiger partial charge in [0.25, 0.3) is 0 Å². The Balaban J connectivity index is 2.57. The first-order valence-electron chi connectivity index (χ1n) is 3.75. The first-order valence-corrected chi connectivity index (χ1v) is 4.12. The van der Waals surface area contributed by atoms with Gasteiger partial charge in [0.1, 0.15) is 0 Å². The van der Waals surface area contributed by atoms with Gasteiger partial charge in [0, 0.05) is 5.57 Å². The smallest absolute Gasteiger partial charge is 0.197 e. The van der Waals surface area contributed by atoms with E-state index in [-0.39, 0.29) is 16.6 Å². The molecule has 0 atom stereocenters. The summed E-state index contributed by atoms with van der Waals surface area (Å²) in [5, 5.41) is 0.178. The van der Waals surface area contributed by atoms with Gasteiger partial charge in [0.15, 0.2) is 11.6 Å². The van der Waals surface area contributed by atoms with Crippen LogP contribution >= 0.6 is 11.6 Å². The molecule has 0 aromatic rings. The molecule has 64 valence electrons. The number of rotatable bonds is 0. The molecule has 3 heteroatoms. The van der Waals surface area contributed by atoms with Crippen LogP contribution in [0.4, 0.5) is 0 Å². The van der Waals surface area contributed by atoms with E-state index in [2.05, 4.69) is 0 Å². The minimum atomic E-state index is -0.215. The number of fused-ring (bicyclic) bond motifs is 1. The molecule has 0 unspecified atom stereocenters. The minimum absolute atomic E-state index is 0.0813. The van der Waals surface area contributed by atoms with Gasteiger partial charge in [-0.1, -0.05) is 17.7 Å². The predicted molar refractivity (Wildman–Crippen MR) is 49.3 cm³/mol. The summed E-state index contributed by atoms with van der Waals surface area (Å²) in [7, 11) is 0. The molecular formula is C10H5ClO2. The zero-order valence-electron chi connectivity index (χ0n) is 6.58. The lowest BCUT2D eigenvalue weighted by molar-refractivity contribution is -0.111. The number of ketones is 2. The van der Waals surface area contributed by atoms with Crippen LogP contribution in [-0.4, -0.2) is 11.6 Å². The standard InChI is InChI=1S/C10H5ClO2/c11-10-8-3-2-7(12)5-6(8)1-4-9(10)13/h1-5H. The second-order valence-corrected chi connectivity index (χ2v) is 3.14. The van der Waals surface area contributed by atoms with Crippen LogP contribution in [0.1, 0.15) is 0 Å². The lowest BCUT2D eigenvalue weighted by atomic mass is 9.93. The number of hydrogen-bond acceptors (Lipinski definition) is 2. The molecule has 0 aromatic heterocycles. The van der Waals surface area contributed by atoms with E-state index in [1.807, 2.05) is 0 Å². The Hall–Kier alpha value is -1.41. The van der Waals surface area contributed by atoms with Crippen molar-refractivity contribution in [3.63, 3.8) is 0 Å². The molecule has 0 fully saturated rings. The average Bonchev–Trinajstić information content (AvgIpc) is 2.12. The van der Waals surface area contributed by atoms with Gasteiger partial charge >= 0.3 is 0 Å². The molecular weight excluding hydrogens is 188 g/mol. The Morgan fingerprint density at radius 1 is 1.00 bits per heavy atom. The first-order chi connectivity index (χ1) is 6.18. The molecule has 13 heavy (non-hydrogen) atoms. The van der Waals surface area contributed by atoms with Crippen molar-refractivity contribution in [3.05, 3.63) is 46.6 Å². The van der Waals surface area contributed by atoms with Gasteiger partial charge in [-0.25, -0.2) is 0 Å². The monoisotopic (exact) mass is 192 g/mol. The molecule has 2 aliphatic carbocycles. The van der Waals surface area contributed by atoms with Gasteiger partial charge in [0.05, 0.1) is 5.03 Å². The highest BCUT2D eigenvalue weighted by atomic mass is 35.5. The molecule has 0 aromatic carbocycles. The largest absolute Gasteiger partial charge is 0.290 e. The van der Waals surface area contributed by atoms with E-state index in [0.29, 0.717) is 11.1 Å². The normalized spacial score (nSPS) is 20.5. The average molecular weight is 193 g/mol. The molecule has 2 nitrogen and oxygen atoms in total. The van der Waals surface area contributed by atoms with Crippen molar-refractivity contribution < 1.29 is 9.59 Å². The van der Waals surface area contributed by atoms with Crippen LogP contribution in [0.3, 0.4) is 0 Å². The fraction of sp³-hybridized carbons (Fsp3) is 0. The number of hydrogen-bond donors (Lipinski definition) is 0. The molecule has 0 saturated carbocycles. The highest BCUT2D eigenvalue weighted by molar-refractivity contribution is 6.45. The van der Waals surface area contributed by atoms with Crippen molar-refractivity contribution in [3.8, 4) is 0 Å². The SMILES string of the molecule is O=C1C=CC2=C(Cl)C(=O)C=CC2=C1. The first kappa shape index (κ1) is 8.20. The van der Waals surface area contributed by atoms with E-state index in [0.717, 1.165) is 0 Å². The number of carbonyl (C=O) groups is 2. The summed E-state index contributed by atoms with van der Waals surface area (Å²) in [6, 6.07) is 0. The predicted octanol–water partition coefficient (Wildman–Crippen LogP) is 1.68. The fourth-order valence-corrected chi connectivity index (χ4v) is 1.49. The van der Waals surface area contributed by atoms with Gasteiger partial charge in [-0.3, -0.25) is 9.59 Å². The summed E-state index contributed by atoms with van der Waals surface area (Å²) in [5.74, 6) is -0.296. The Morgan fingerprint density at radius 3 is 2.54 bits per heavy atom. The van der Waals surface area contributed by atoms with Crippen molar-refractivity contribution >= 4 is 23.2 Å². The lowest BCUT2D eigenvalue weighted by Gasteiger charge is -2.12. The van der Waals surface area contributed by atoms with E-state index < -0.39 is 0 Å². The summed E-state index contributed by atoms with van der Waals surface area (Å²) < 4.78 is 0. The van der Waals surface area contributed by atoms with Crippen molar-refractivity contribution in [1.82, 2.24) is 0 Å². The second-order valence-electron chi connectivity index (χ2n) is 2.76. The molecule has 0 amide bonds. The molecule has 0 N–H and O–H groups in total. The highest BCUT2D eigenvalue weighted by Gasteiger charge is 2.19. The zero-order valence-corrected chi connectivity index (χ0v) is 7.34. The highest BCUT2D eigenvalue weighted by Crippen LogP contribution is 2.28. The summed E-state index contributed by atoms with van der Waals surface area (Å²) in [5.41, 5.74) is 1.34. The van der Waals surface area contributed by atoms with Crippen molar-refractivity contribution in [1.29, 1.82) is 0 Å². The van der Waals surface area contributed by atoms with Gasteiger partial charge in [-0.05, 0) is 29.9 Å². The van der Waals surface area contributed by atoms with Crippen LogP contribution in [0.2, 0.25) is 0 Å². The topological polar surface area (TPSA) is 34.1 Å². The van der Waals surface area contributed by atoms with Crippen LogP contribution in [0.25, 0.3) is 0 Å². The van der Waals surface area contributed by atoms with Crippen molar-refractivity contribution in [2.45, 2.75) is 0 Å². The lowest BCUT2D eigenvalue weighted by Crippen LogP contribution is -2.07. The molecule has 2 rings (SSSR count). The van der Waals surface area contributed by atoms with Crippen molar-refractivity contribution in [2.24, 2.45) is 0 Å². The van der Waals surface area contributed by atoms with Crippen LogP contribution in [-0.2, 0) is 9.59 Å². The number of halogens is 1. The third kappa shape index (κ3) is 1.29. The molecule has 0 heterocycles. The molecule has 0 radical (unpaired) electrons. The van der Waals surface area contributed by atoms with Crippen LogP contribution in [0.5, 0.6) is 0 Å². The maximum atomic E-state index is 11.1. The number of allylic oxidation sites excluding steroid dienone is 8. The third-order valence-corrected chi connectivity index (χ3v) is 2.28. The van der Waals surface area contributed by atoms with Gasteiger partial charge in [0.2, 0.25) is 0 Å². The number of carbonyl (C=O) groups excluding carboxylic acids is 2. The van der Waals surface area contributed by atoms with Gasteiger partial charge in [-0.15, -0.1) is 0 Å². The molecule has 0 saturated heterocycles. The minimum Gasteiger partial charge on any atom is -0.290 e. The third-order valence-electron chi connectivity index (χ3n) is 1.89. The Morgan fingerprint density at radius 2 is 1.77 bits per heavy atom. The van der Waals surface area contributed by atoms with Crippen molar-refractivity contribution in [2.75, 3.05) is 0 Å². The van der Waals surface area contributed by atoms with E-state index in [9.17, 15) is 9.59 Å². The Labute approximate surface area is 79.9 Å². The van der Waals surface area contributed by atoms with Crippen LogP contribution < -0.4 is 0 Å². The van der Waals surface area contributed by atoms with E-state index in [1.54, 1.807) is 12.2 Å². The quantitative estimate of drug-likeness (QED) is 0.585. The molecule has 0 aliphatic heterocycles. The van der Waals surface area contributed by atoms with E-state index in [4.69, 9.17) is 11.6 Å². The van der Waals surface area contributed by atoms with Gasteiger partial charge < -0.3 is 0 Å². The molecule has 2 aliphatic rings. The summed E-state index contributed by atoms with van der Waals surface area (Å²) in [6.45, 7) is 0. The second kappa shape index (κ2) is 2.82. The summed E-state index contributed by atoms with van der Waals surface area (Å²) in [6.07, 6.45) is 7.39. The maximum absolute atomic E-state index is 11.1. The summed E-state index contributed by atoms with van der Waals surface area (Å²) in [4.78, 5) is 22.1.